The molecule has 0 radical (unpaired) electrons. The molecular formula is C22H26N2O4. The maximum absolute atomic E-state index is 12.7. The fourth-order valence-corrected chi connectivity index (χ4v) is 3.37. The molecular weight excluding hydrogens is 356 g/mol. The molecule has 6 nitrogen and oxygen atoms in total. The predicted octanol–water partition coefficient (Wildman–Crippen LogP) is 2.67. The van der Waals surface area contributed by atoms with E-state index in [9.17, 15) is 9.59 Å². The summed E-state index contributed by atoms with van der Waals surface area (Å²) in [5.41, 5.74) is 1.57. The standard InChI is InChI=1S/C22H26N2O4/c1-27-19-8-6-16(7-9-19)14-21(25)23-18-10-12-24(13-11-18)22(26)17-4-3-5-20(15-17)28-2/h3-9,15,18H,10-14H2,1-2H3,(H,23,25). The van der Waals surface area contributed by atoms with Crippen LogP contribution in [0.5, 0.6) is 11.5 Å². The number of methoxy groups -OCH3 is 2. The monoisotopic (exact) mass is 382 g/mol. The van der Waals surface area contributed by atoms with Crippen LogP contribution in [0.4, 0.5) is 0 Å². The van der Waals surface area contributed by atoms with E-state index in [4.69, 9.17) is 9.47 Å². The first kappa shape index (κ1) is 19.7. The maximum Gasteiger partial charge on any atom is 0.253 e. The molecule has 6 heteroatoms. The van der Waals surface area contributed by atoms with Crippen LogP contribution in [0.25, 0.3) is 0 Å². The second-order valence-electron chi connectivity index (χ2n) is 6.89. The Kier molecular flexibility index (Phi) is 6.53. The molecule has 148 valence electrons. The Balaban J connectivity index is 1.47. The minimum atomic E-state index is 0.00177. The van der Waals surface area contributed by atoms with Gasteiger partial charge in [-0.2, -0.15) is 0 Å². The van der Waals surface area contributed by atoms with Gasteiger partial charge in [0.25, 0.3) is 5.91 Å². The number of rotatable bonds is 6. The lowest BCUT2D eigenvalue weighted by molar-refractivity contribution is -0.121. The molecule has 0 aromatic heterocycles. The minimum absolute atomic E-state index is 0.00177. The van der Waals surface area contributed by atoms with Gasteiger partial charge in [0.2, 0.25) is 5.91 Å². The number of nitrogens with zero attached hydrogens (tertiary/aromatic N) is 1. The number of carbonyl (C=O) groups is 2. The van der Waals surface area contributed by atoms with Crippen LogP contribution in [-0.4, -0.2) is 50.1 Å². The smallest absolute Gasteiger partial charge is 0.253 e. The third-order valence-corrected chi connectivity index (χ3v) is 4.99. The molecule has 0 unspecified atom stereocenters. The average Bonchev–Trinajstić information content (AvgIpc) is 2.74. The largest absolute Gasteiger partial charge is 0.497 e. The number of hydrogen-bond acceptors (Lipinski definition) is 4. The van der Waals surface area contributed by atoms with Crippen molar-refractivity contribution in [1.29, 1.82) is 0 Å². The maximum atomic E-state index is 12.7. The fraction of sp³-hybridized carbons (Fsp3) is 0.364. The molecule has 2 amide bonds. The van der Waals surface area contributed by atoms with Gasteiger partial charge in [-0.15, -0.1) is 0 Å². The Hall–Kier alpha value is -3.02. The SMILES string of the molecule is COc1ccc(CC(=O)NC2CCN(C(=O)c3cccc(OC)c3)CC2)cc1. The number of hydrogen-bond donors (Lipinski definition) is 1. The second-order valence-corrected chi connectivity index (χ2v) is 6.89. The number of piperidine rings is 1. The summed E-state index contributed by atoms with van der Waals surface area (Å²) in [5, 5.41) is 3.09. The lowest BCUT2D eigenvalue weighted by Crippen LogP contribution is -2.46. The summed E-state index contributed by atoms with van der Waals surface area (Å²) in [6.07, 6.45) is 1.85. The van der Waals surface area contributed by atoms with Crippen molar-refractivity contribution < 1.29 is 19.1 Å². The first-order chi connectivity index (χ1) is 13.6. The van der Waals surface area contributed by atoms with E-state index in [1.165, 1.54) is 0 Å². The van der Waals surface area contributed by atoms with E-state index in [1.807, 2.05) is 41.3 Å². The molecule has 1 saturated heterocycles. The molecule has 28 heavy (non-hydrogen) atoms. The highest BCUT2D eigenvalue weighted by molar-refractivity contribution is 5.94. The molecule has 1 heterocycles. The third kappa shape index (κ3) is 5.03. The number of carbonyl (C=O) groups excluding carboxylic acids is 2. The highest BCUT2D eigenvalue weighted by atomic mass is 16.5. The van der Waals surface area contributed by atoms with E-state index in [-0.39, 0.29) is 17.9 Å². The summed E-state index contributed by atoms with van der Waals surface area (Å²) in [6, 6.07) is 14.8. The Morgan fingerprint density at radius 3 is 2.32 bits per heavy atom. The zero-order chi connectivity index (χ0) is 19.9. The van der Waals surface area contributed by atoms with Crippen molar-refractivity contribution in [3.8, 4) is 11.5 Å². The Bertz CT molecular complexity index is 812. The van der Waals surface area contributed by atoms with E-state index in [0.717, 1.165) is 24.2 Å². The first-order valence-corrected chi connectivity index (χ1v) is 9.44. The number of amides is 2. The quantitative estimate of drug-likeness (QED) is 0.834. The van der Waals surface area contributed by atoms with Gasteiger partial charge in [-0.05, 0) is 48.7 Å². The van der Waals surface area contributed by atoms with Crippen LogP contribution in [0.15, 0.2) is 48.5 Å². The highest BCUT2D eigenvalue weighted by Gasteiger charge is 2.24. The molecule has 3 rings (SSSR count). The Labute approximate surface area is 165 Å². The summed E-state index contributed by atoms with van der Waals surface area (Å²) in [5.74, 6) is 1.45. The average molecular weight is 382 g/mol. The zero-order valence-corrected chi connectivity index (χ0v) is 16.3. The van der Waals surface area contributed by atoms with Crippen LogP contribution in [-0.2, 0) is 11.2 Å². The van der Waals surface area contributed by atoms with Crippen LogP contribution in [0, 0.1) is 0 Å². The van der Waals surface area contributed by atoms with Crippen molar-refractivity contribution >= 4 is 11.8 Å². The van der Waals surface area contributed by atoms with Crippen molar-refractivity contribution in [2.45, 2.75) is 25.3 Å². The van der Waals surface area contributed by atoms with Gasteiger partial charge in [-0.25, -0.2) is 0 Å². The number of nitrogens with one attached hydrogen (secondary N) is 1. The van der Waals surface area contributed by atoms with Crippen molar-refractivity contribution in [3.05, 3.63) is 59.7 Å². The van der Waals surface area contributed by atoms with Crippen molar-refractivity contribution in [3.63, 3.8) is 0 Å². The van der Waals surface area contributed by atoms with Gasteiger partial charge in [-0.1, -0.05) is 18.2 Å². The van der Waals surface area contributed by atoms with Gasteiger partial charge in [0.05, 0.1) is 20.6 Å². The van der Waals surface area contributed by atoms with E-state index in [1.54, 1.807) is 26.4 Å². The normalized spacial score (nSPS) is 14.4. The summed E-state index contributed by atoms with van der Waals surface area (Å²) < 4.78 is 10.3. The van der Waals surface area contributed by atoms with Crippen LogP contribution in [0.2, 0.25) is 0 Å². The minimum Gasteiger partial charge on any atom is -0.497 e. The lowest BCUT2D eigenvalue weighted by Gasteiger charge is -2.32. The van der Waals surface area contributed by atoms with E-state index < -0.39 is 0 Å². The molecule has 0 spiro atoms. The Morgan fingerprint density at radius 1 is 1.00 bits per heavy atom. The van der Waals surface area contributed by atoms with E-state index in [2.05, 4.69) is 5.32 Å². The van der Waals surface area contributed by atoms with Gasteiger partial charge in [-0.3, -0.25) is 9.59 Å². The topological polar surface area (TPSA) is 67.9 Å². The summed E-state index contributed by atoms with van der Waals surface area (Å²) in [6.45, 7) is 1.26. The van der Waals surface area contributed by atoms with Crippen LogP contribution < -0.4 is 14.8 Å². The van der Waals surface area contributed by atoms with Crippen molar-refractivity contribution in [1.82, 2.24) is 10.2 Å². The van der Waals surface area contributed by atoms with E-state index in [0.29, 0.717) is 30.8 Å². The molecule has 1 N–H and O–H groups in total. The van der Waals surface area contributed by atoms with Gasteiger partial charge in [0, 0.05) is 24.7 Å². The molecule has 2 aromatic carbocycles. The molecule has 2 aromatic rings. The summed E-state index contributed by atoms with van der Waals surface area (Å²) in [7, 11) is 3.21. The number of likely N-dealkylation sites (tertiary alicyclic amines) is 1. The van der Waals surface area contributed by atoms with Crippen LogP contribution in [0.3, 0.4) is 0 Å². The third-order valence-electron chi connectivity index (χ3n) is 4.99. The summed E-state index contributed by atoms with van der Waals surface area (Å²) >= 11 is 0. The van der Waals surface area contributed by atoms with Crippen molar-refractivity contribution in [2.24, 2.45) is 0 Å². The van der Waals surface area contributed by atoms with Gasteiger partial charge in [0.15, 0.2) is 0 Å². The van der Waals surface area contributed by atoms with E-state index >= 15 is 0 Å². The predicted molar refractivity (Wildman–Crippen MR) is 107 cm³/mol. The lowest BCUT2D eigenvalue weighted by atomic mass is 10.0. The van der Waals surface area contributed by atoms with Crippen LogP contribution >= 0.6 is 0 Å². The van der Waals surface area contributed by atoms with Crippen molar-refractivity contribution in [2.75, 3.05) is 27.3 Å². The van der Waals surface area contributed by atoms with Crippen LogP contribution in [0.1, 0.15) is 28.8 Å². The van der Waals surface area contributed by atoms with Gasteiger partial charge >= 0.3 is 0 Å². The molecule has 1 aliphatic heterocycles. The first-order valence-electron chi connectivity index (χ1n) is 9.44. The molecule has 1 fully saturated rings. The molecule has 0 bridgehead atoms. The number of ether oxygens (including phenoxy) is 2. The number of benzene rings is 2. The molecule has 1 aliphatic rings. The summed E-state index contributed by atoms with van der Waals surface area (Å²) in [4.78, 5) is 26.8. The molecule has 0 atom stereocenters. The molecule has 0 aliphatic carbocycles. The van der Waals surface area contributed by atoms with Gasteiger partial charge in [0.1, 0.15) is 11.5 Å². The zero-order valence-electron chi connectivity index (χ0n) is 16.3. The Morgan fingerprint density at radius 2 is 1.68 bits per heavy atom. The fourth-order valence-electron chi connectivity index (χ4n) is 3.37. The highest BCUT2D eigenvalue weighted by Crippen LogP contribution is 2.18. The second kappa shape index (κ2) is 9.26. The molecule has 0 saturated carbocycles. The van der Waals surface area contributed by atoms with Gasteiger partial charge < -0.3 is 19.7 Å².